The van der Waals surface area contributed by atoms with Crippen LogP contribution in [0.3, 0.4) is 0 Å². The Kier molecular flexibility index (Phi) is 2.21. The first kappa shape index (κ1) is 9.58. The van der Waals surface area contributed by atoms with Gasteiger partial charge < -0.3 is 5.73 Å². The maximum Gasteiger partial charge on any atom is 0.248 e. The standard InChI is InChI=1S/C8H13F2NO/c1-6(12)7(11)2-4-8(9,10)5-3-7/h2-5,11H2,1H3. The van der Waals surface area contributed by atoms with E-state index in [0.29, 0.717) is 0 Å². The van der Waals surface area contributed by atoms with Crippen LogP contribution in [0.1, 0.15) is 32.6 Å². The van der Waals surface area contributed by atoms with Crippen LogP contribution >= 0.6 is 0 Å². The molecule has 0 aromatic rings. The van der Waals surface area contributed by atoms with Crippen LogP contribution in [0, 0.1) is 0 Å². The molecule has 12 heavy (non-hydrogen) atoms. The lowest BCUT2D eigenvalue weighted by Crippen LogP contribution is -2.51. The van der Waals surface area contributed by atoms with Crippen molar-refractivity contribution in [3.63, 3.8) is 0 Å². The van der Waals surface area contributed by atoms with Crippen LogP contribution in [0.25, 0.3) is 0 Å². The maximum absolute atomic E-state index is 12.6. The number of halogens is 2. The highest BCUT2D eigenvalue weighted by atomic mass is 19.3. The molecule has 0 unspecified atom stereocenters. The van der Waals surface area contributed by atoms with Crippen molar-refractivity contribution in [2.75, 3.05) is 0 Å². The average Bonchev–Trinajstić information content (AvgIpc) is 1.96. The fourth-order valence-corrected chi connectivity index (χ4v) is 1.41. The quantitative estimate of drug-likeness (QED) is 0.659. The Morgan fingerprint density at radius 1 is 1.25 bits per heavy atom. The van der Waals surface area contributed by atoms with Gasteiger partial charge in [-0.25, -0.2) is 8.78 Å². The zero-order valence-electron chi connectivity index (χ0n) is 7.07. The van der Waals surface area contributed by atoms with Crippen LogP contribution in [0.4, 0.5) is 8.78 Å². The van der Waals surface area contributed by atoms with Gasteiger partial charge in [-0.15, -0.1) is 0 Å². The summed E-state index contributed by atoms with van der Waals surface area (Å²) in [5, 5.41) is 0. The minimum Gasteiger partial charge on any atom is -0.319 e. The Morgan fingerprint density at radius 3 is 2.00 bits per heavy atom. The third-order valence-corrected chi connectivity index (χ3v) is 2.57. The Labute approximate surface area is 70.1 Å². The predicted molar refractivity (Wildman–Crippen MR) is 41.0 cm³/mol. The zero-order valence-corrected chi connectivity index (χ0v) is 7.07. The summed E-state index contributed by atoms with van der Waals surface area (Å²) in [4.78, 5) is 11.0. The van der Waals surface area contributed by atoms with Gasteiger partial charge >= 0.3 is 0 Å². The minimum atomic E-state index is -2.61. The lowest BCUT2D eigenvalue weighted by molar-refractivity contribution is -0.126. The van der Waals surface area contributed by atoms with Gasteiger partial charge in [0.05, 0.1) is 5.54 Å². The van der Waals surface area contributed by atoms with Gasteiger partial charge in [-0.1, -0.05) is 0 Å². The second kappa shape index (κ2) is 2.76. The first-order valence-corrected chi connectivity index (χ1v) is 4.03. The number of hydrogen-bond acceptors (Lipinski definition) is 2. The van der Waals surface area contributed by atoms with Crippen LogP contribution in [0.2, 0.25) is 0 Å². The van der Waals surface area contributed by atoms with Crippen molar-refractivity contribution in [1.82, 2.24) is 0 Å². The molecule has 1 saturated carbocycles. The molecule has 0 spiro atoms. The topological polar surface area (TPSA) is 43.1 Å². The molecule has 0 radical (unpaired) electrons. The summed E-state index contributed by atoms with van der Waals surface area (Å²) in [6.07, 6.45) is -0.309. The Bertz CT molecular complexity index is 193. The molecular weight excluding hydrogens is 164 g/mol. The highest BCUT2D eigenvalue weighted by molar-refractivity contribution is 5.85. The monoisotopic (exact) mass is 177 g/mol. The van der Waals surface area contributed by atoms with Crippen molar-refractivity contribution < 1.29 is 13.6 Å². The summed E-state index contributed by atoms with van der Waals surface area (Å²) in [6, 6.07) is 0. The molecule has 2 nitrogen and oxygen atoms in total. The number of rotatable bonds is 1. The van der Waals surface area contributed by atoms with E-state index in [1.54, 1.807) is 0 Å². The van der Waals surface area contributed by atoms with E-state index in [0.717, 1.165) is 0 Å². The van der Waals surface area contributed by atoms with Crippen LogP contribution in [0.15, 0.2) is 0 Å². The molecule has 1 rings (SSSR count). The van der Waals surface area contributed by atoms with E-state index >= 15 is 0 Å². The van der Waals surface area contributed by atoms with Gasteiger partial charge in [-0.3, -0.25) is 4.79 Å². The van der Waals surface area contributed by atoms with Crippen molar-refractivity contribution in [2.24, 2.45) is 5.73 Å². The number of Topliss-reactive ketones (excluding diaryl/α,β-unsaturated/α-hetero) is 1. The van der Waals surface area contributed by atoms with E-state index in [9.17, 15) is 13.6 Å². The van der Waals surface area contributed by atoms with E-state index in [-0.39, 0.29) is 31.5 Å². The van der Waals surface area contributed by atoms with E-state index in [1.165, 1.54) is 6.92 Å². The van der Waals surface area contributed by atoms with E-state index in [2.05, 4.69) is 0 Å². The molecule has 0 bridgehead atoms. The van der Waals surface area contributed by atoms with Gasteiger partial charge in [-0.2, -0.15) is 0 Å². The minimum absolute atomic E-state index is 0.106. The normalized spacial score (nSPS) is 26.7. The smallest absolute Gasteiger partial charge is 0.248 e. The van der Waals surface area contributed by atoms with Crippen molar-refractivity contribution in [1.29, 1.82) is 0 Å². The number of nitrogens with two attached hydrogens (primary N) is 1. The fraction of sp³-hybridized carbons (Fsp3) is 0.875. The third-order valence-electron chi connectivity index (χ3n) is 2.57. The molecule has 2 N–H and O–H groups in total. The van der Waals surface area contributed by atoms with Crippen LogP contribution in [0.5, 0.6) is 0 Å². The van der Waals surface area contributed by atoms with E-state index in [1.807, 2.05) is 0 Å². The molecule has 1 fully saturated rings. The van der Waals surface area contributed by atoms with Crippen molar-refractivity contribution >= 4 is 5.78 Å². The van der Waals surface area contributed by atoms with Crippen molar-refractivity contribution in [3.8, 4) is 0 Å². The van der Waals surface area contributed by atoms with Gasteiger partial charge in [0, 0.05) is 12.8 Å². The summed E-state index contributed by atoms with van der Waals surface area (Å²) in [7, 11) is 0. The highest BCUT2D eigenvalue weighted by Crippen LogP contribution is 2.37. The lowest BCUT2D eigenvalue weighted by Gasteiger charge is -2.34. The molecule has 4 heteroatoms. The number of carbonyl (C=O) groups excluding carboxylic acids is 1. The summed E-state index contributed by atoms with van der Waals surface area (Å²) < 4.78 is 25.3. The Morgan fingerprint density at radius 2 is 1.67 bits per heavy atom. The van der Waals surface area contributed by atoms with Crippen LogP contribution in [-0.2, 0) is 4.79 Å². The molecule has 1 aliphatic rings. The summed E-state index contributed by atoms with van der Waals surface area (Å²) in [6.45, 7) is 1.36. The molecule has 0 aliphatic heterocycles. The largest absolute Gasteiger partial charge is 0.319 e. The molecule has 0 saturated heterocycles. The fourth-order valence-electron chi connectivity index (χ4n) is 1.41. The third kappa shape index (κ3) is 1.80. The molecule has 0 heterocycles. The number of ketones is 1. The second-order valence-corrected chi connectivity index (χ2v) is 3.57. The first-order chi connectivity index (χ1) is 5.36. The van der Waals surface area contributed by atoms with Crippen molar-refractivity contribution in [3.05, 3.63) is 0 Å². The second-order valence-electron chi connectivity index (χ2n) is 3.57. The molecule has 0 atom stereocenters. The molecule has 1 aliphatic carbocycles. The Hall–Kier alpha value is -0.510. The van der Waals surface area contributed by atoms with Gasteiger partial charge in [-0.05, 0) is 19.8 Å². The number of carbonyl (C=O) groups is 1. The summed E-state index contributed by atoms with van der Waals surface area (Å²) in [5.74, 6) is -2.80. The van der Waals surface area contributed by atoms with E-state index in [4.69, 9.17) is 5.73 Å². The van der Waals surface area contributed by atoms with E-state index < -0.39 is 11.5 Å². The van der Waals surface area contributed by atoms with Crippen molar-refractivity contribution in [2.45, 2.75) is 44.1 Å². The van der Waals surface area contributed by atoms with Crippen LogP contribution < -0.4 is 5.73 Å². The average molecular weight is 177 g/mol. The van der Waals surface area contributed by atoms with Crippen LogP contribution in [-0.4, -0.2) is 17.2 Å². The lowest BCUT2D eigenvalue weighted by atomic mass is 9.78. The van der Waals surface area contributed by atoms with Gasteiger partial charge in [0.2, 0.25) is 5.92 Å². The highest BCUT2D eigenvalue weighted by Gasteiger charge is 2.43. The summed E-state index contributed by atoms with van der Waals surface area (Å²) >= 11 is 0. The maximum atomic E-state index is 12.6. The molecule has 0 aromatic carbocycles. The predicted octanol–water partition coefficient (Wildman–Crippen LogP) is 1.48. The SMILES string of the molecule is CC(=O)C1(N)CCC(F)(F)CC1. The molecule has 0 aromatic heterocycles. The number of alkyl halides is 2. The summed E-state index contributed by atoms with van der Waals surface area (Å²) in [5.41, 5.74) is 4.66. The van der Waals surface area contributed by atoms with Gasteiger partial charge in [0.15, 0.2) is 0 Å². The zero-order chi connectivity index (χ0) is 9.41. The first-order valence-electron chi connectivity index (χ1n) is 4.03. The molecule has 0 amide bonds. The Balaban J connectivity index is 2.62. The number of hydrogen-bond donors (Lipinski definition) is 1. The van der Waals surface area contributed by atoms with Gasteiger partial charge in [0.1, 0.15) is 5.78 Å². The van der Waals surface area contributed by atoms with Gasteiger partial charge in [0.25, 0.3) is 0 Å². The molecular formula is C8H13F2NO. The molecule has 70 valence electrons.